The molecule has 3 aliphatic rings. The highest BCUT2D eigenvalue weighted by atomic mass is 16.8. The minimum atomic E-state index is -1.35. The minimum absolute atomic E-state index is 0.266. The first kappa shape index (κ1) is 9.99. The average molecular weight is 216 g/mol. The van der Waals surface area contributed by atoms with Crippen LogP contribution in [0.3, 0.4) is 0 Å². The van der Waals surface area contributed by atoms with Crippen LogP contribution in [0.1, 0.15) is 25.7 Å². The van der Waals surface area contributed by atoms with Gasteiger partial charge in [0, 0.05) is 0 Å². The van der Waals surface area contributed by atoms with Gasteiger partial charge >= 0.3 is 0 Å². The van der Waals surface area contributed by atoms with Crippen molar-refractivity contribution in [3.05, 3.63) is 0 Å². The summed E-state index contributed by atoms with van der Waals surface area (Å²) < 4.78 is 10.9. The lowest BCUT2D eigenvalue weighted by Crippen LogP contribution is -2.70. The van der Waals surface area contributed by atoms with E-state index in [0.717, 1.165) is 12.8 Å². The van der Waals surface area contributed by atoms with Gasteiger partial charge in [-0.2, -0.15) is 0 Å². The summed E-state index contributed by atoms with van der Waals surface area (Å²) in [5.41, 5.74) is -2.15. The van der Waals surface area contributed by atoms with Crippen molar-refractivity contribution in [2.45, 2.75) is 55.4 Å². The topological polar surface area (TPSA) is 79.2 Å². The van der Waals surface area contributed by atoms with E-state index in [2.05, 4.69) is 0 Å². The third-order valence-electron chi connectivity index (χ3n) is 4.09. The second-order valence-corrected chi connectivity index (χ2v) is 4.86. The highest BCUT2D eigenvalue weighted by molar-refractivity contribution is 5.15. The maximum Gasteiger partial charge on any atom is 0.187 e. The maximum absolute atomic E-state index is 10.5. The van der Waals surface area contributed by atoms with E-state index in [0.29, 0.717) is 12.8 Å². The predicted octanol–water partition coefficient (Wildman–Crippen LogP) is -0.861. The first-order valence-corrected chi connectivity index (χ1v) is 5.47. The molecule has 1 aliphatic carbocycles. The Morgan fingerprint density at radius 3 is 2.67 bits per heavy atom. The van der Waals surface area contributed by atoms with Gasteiger partial charge in [-0.05, 0) is 12.8 Å². The Balaban J connectivity index is 2.03. The zero-order valence-corrected chi connectivity index (χ0v) is 8.43. The van der Waals surface area contributed by atoms with E-state index < -0.39 is 29.7 Å². The second-order valence-electron chi connectivity index (χ2n) is 4.86. The molecule has 5 heteroatoms. The molecule has 5 nitrogen and oxygen atoms in total. The molecule has 3 N–H and O–H groups in total. The van der Waals surface area contributed by atoms with E-state index in [-0.39, 0.29) is 6.61 Å². The molecule has 0 radical (unpaired) electrons. The van der Waals surface area contributed by atoms with E-state index >= 15 is 0 Å². The molecule has 0 amide bonds. The molecule has 2 saturated heterocycles. The third-order valence-corrected chi connectivity index (χ3v) is 4.09. The molecule has 2 aliphatic heterocycles. The Morgan fingerprint density at radius 2 is 1.87 bits per heavy atom. The van der Waals surface area contributed by atoms with Crippen LogP contribution in [0.5, 0.6) is 0 Å². The Labute approximate surface area is 87.6 Å². The number of aliphatic hydroxyl groups excluding tert-OH is 2. The summed E-state index contributed by atoms with van der Waals surface area (Å²) >= 11 is 0. The van der Waals surface area contributed by atoms with Crippen molar-refractivity contribution < 1.29 is 24.8 Å². The summed E-state index contributed by atoms with van der Waals surface area (Å²) in [5.74, 6) is 0. The van der Waals surface area contributed by atoms with Crippen LogP contribution in [0.4, 0.5) is 0 Å². The van der Waals surface area contributed by atoms with Gasteiger partial charge in [-0.15, -0.1) is 0 Å². The standard InChI is InChI=1S/C10H16O5/c11-6-7(12)10(13)4-2-1-3-9(10)5-14-8(6)15-9/h6-8,11-13H,1-5H2/t6-,7+,8-,9-,10-/m1/s1. The molecule has 1 saturated carbocycles. The van der Waals surface area contributed by atoms with Crippen molar-refractivity contribution >= 4 is 0 Å². The summed E-state index contributed by atoms with van der Waals surface area (Å²) in [6.45, 7) is 0.266. The summed E-state index contributed by atoms with van der Waals surface area (Å²) in [6.07, 6.45) is -0.149. The van der Waals surface area contributed by atoms with Crippen LogP contribution >= 0.6 is 0 Å². The van der Waals surface area contributed by atoms with E-state index in [9.17, 15) is 15.3 Å². The number of hydrogen-bond donors (Lipinski definition) is 3. The summed E-state index contributed by atoms with van der Waals surface area (Å²) in [5, 5.41) is 30.1. The van der Waals surface area contributed by atoms with Crippen molar-refractivity contribution in [1.82, 2.24) is 0 Å². The first-order chi connectivity index (χ1) is 7.09. The molecule has 3 fully saturated rings. The van der Waals surface area contributed by atoms with Crippen LogP contribution in [0, 0.1) is 0 Å². The largest absolute Gasteiger partial charge is 0.387 e. The number of fused-ring (bicyclic) bond motifs is 1. The molecule has 2 heterocycles. The maximum atomic E-state index is 10.5. The zero-order chi connectivity index (χ0) is 10.7. The van der Waals surface area contributed by atoms with Gasteiger partial charge in [0.2, 0.25) is 0 Å². The fourth-order valence-corrected chi connectivity index (χ4v) is 3.13. The quantitative estimate of drug-likeness (QED) is 0.491. The van der Waals surface area contributed by atoms with Crippen LogP contribution in [0.15, 0.2) is 0 Å². The predicted molar refractivity (Wildman–Crippen MR) is 49.0 cm³/mol. The molecular formula is C10H16O5. The minimum Gasteiger partial charge on any atom is -0.387 e. The van der Waals surface area contributed by atoms with Crippen LogP contribution < -0.4 is 0 Å². The molecule has 15 heavy (non-hydrogen) atoms. The summed E-state index contributed by atoms with van der Waals surface area (Å²) in [6, 6.07) is 0. The van der Waals surface area contributed by atoms with Crippen LogP contribution in [-0.2, 0) is 9.47 Å². The van der Waals surface area contributed by atoms with E-state index in [1.807, 2.05) is 0 Å². The SMILES string of the molecule is O[C@H]1[C@@H]2OC[C@@]3(CCCC[C@@]3(O)[C@H]1O)O2. The highest BCUT2D eigenvalue weighted by Crippen LogP contribution is 2.51. The smallest absolute Gasteiger partial charge is 0.187 e. The van der Waals surface area contributed by atoms with Gasteiger partial charge < -0.3 is 24.8 Å². The van der Waals surface area contributed by atoms with Crippen LogP contribution in [0.25, 0.3) is 0 Å². The van der Waals surface area contributed by atoms with Crippen molar-refractivity contribution in [3.63, 3.8) is 0 Å². The summed E-state index contributed by atoms with van der Waals surface area (Å²) in [4.78, 5) is 0. The van der Waals surface area contributed by atoms with Crippen molar-refractivity contribution in [2.24, 2.45) is 0 Å². The highest BCUT2D eigenvalue weighted by Gasteiger charge is 2.67. The number of ether oxygens (including phenoxy) is 2. The number of rotatable bonds is 0. The Hall–Kier alpha value is -0.200. The second kappa shape index (κ2) is 2.93. The Morgan fingerprint density at radius 1 is 1.13 bits per heavy atom. The van der Waals surface area contributed by atoms with Gasteiger partial charge in [-0.3, -0.25) is 0 Å². The normalized spacial score (nSPS) is 59.0. The summed E-state index contributed by atoms with van der Waals surface area (Å²) in [7, 11) is 0. The number of aliphatic hydroxyl groups is 3. The molecular weight excluding hydrogens is 200 g/mol. The van der Waals surface area contributed by atoms with Gasteiger partial charge in [0.25, 0.3) is 0 Å². The van der Waals surface area contributed by atoms with Crippen LogP contribution in [-0.4, -0.2) is 51.6 Å². The van der Waals surface area contributed by atoms with Gasteiger partial charge in [0.1, 0.15) is 23.4 Å². The van der Waals surface area contributed by atoms with Gasteiger partial charge in [0.15, 0.2) is 6.29 Å². The molecule has 1 spiro atoms. The van der Waals surface area contributed by atoms with Crippen molar-refractivity contribution in [1.29, 1.82) is 0 Å². The van der Waals surface area contributed by atoms with Crippen LogP contribution in [0.2, 0.25) is 0 Å². The third kappa shape index (κ3) is 1.05. The molecule has 2 bridgehead atoms. The Kier molecular flexibility index (Phi) is 1.95. The lowest BCUT2D eigenvalue weighted by atomic mass is 9.67. The fraction of sp³-hybridized carbons (Fsp3) is 1.00. The molecule has 0 aromatic rings. The Bertz CT molecular complexity index is 283. The van der Waals surface area contributed by atoms with Gasteiger partial charge in [-0.25, -0.2) is 0 Å². The molecule has 86 valence electrons. The fourth-order valence-electron chi connectivity index (χ4n) is 3.13. The number of hydrogen-bond acceptors (Lipinski definition) is 5. The molecule has 0 aromatic carbocycles. The molecule has 5 atom stereocenters. The van der Waals surface area contributed by atoms with E-state index in [1.54, 1.807) is 0 Å². The molecule has 0 aromatic heterocycles. The monoisotopic (exact) mass is 216 g/mol. The molecule has 0 unspecified atom stereocenters. The molecule has 3 rings (SSSR count). The lowest BCUT2D eigenvalue weighted by Gasteiger charge is -2.52. The lowest BCUT2D eigenvalue weighted by molar-refractivity contribution is -0.310. The average Bonchev–Trinajstić information content (AvgIpc) is 2.63. The zero-order valence-electron chi connectivity index (χ0n) is 8.43. The van der Waals surface area contributed by atoms with E-state index in [1.165, 1.54) is 0 Å². The van der Waals surface area contributed by atoms with Gasteiger partial charge in [0.05, 0.1) is 6.61 Å². The van der Waals surface area contributed by atoms with Gasteiger partial charge in [-0.1, -0.05) is 12.8 Å². The van der Waals surface area contributed by atoms with Crippen molar-refractivity contribution in [3.8, 4) is 0 Å². The van der Waals surface area contributed by atoms with Crippen molar-refractivity contribution in [2.75, 3.05) is 6.61 Å². The van der Waals surface area contributed by atoms with E-state index in [4.69, 9.17) is 9.47 Å². The first-order valence-electron chi connectivity index (χ1n) is 5.47.